The van der Waals surface area contributed by atoms with Crippen molar-refractivity contribution in [1.29, 1.82) is 5.26 Å². The number of carbonyl (C=O) groups excluding carboxylic acids is 2. The third kappa shape index (κ3) is 3.13. The van der Waals surface area contributed by atoms with Gasteiger partial charge in [0, 0.05) is 26.6 Å². The Morgan fingerprint density at radius 3 is 2.87 bits per heavy atom. The summed E-state index contributed by atoms with van der Waals surface area (Å²) in [7, 11) is 1.69. The Balaban J connectivity index is 1.58. The molecule has 1 aromatic heterocycles. The van der Waals surface area contributed by atoms with Crippen molar-refractivity contribution < 1.29 is 9.59 Å². The van der Waals surface area contributed by atoms with E-state index in [4.69, 9.17) is 5.26 Å². The van der Waals surface area contributed by atoms with E-state index in [1.54, 1.807) is 18.9 Å². The molecule has 8 nitrogen and oxygen atoms in total. The first-order chi connectivity index (χ1) is 11.0. The molecule has 2 N–H and O–H groups in total. The first kappa shape index (κ1) is 15.3. The van der Waals surface area contributed by atoms with Gasteiger partial charge in [0.25, 0.3) is 0 Å². The topological polar surface area (TPSA) is 103 Å². The SMILES string of the molecule is Cc1nn(C)c(NNC(=O)C2CC(=O)N(CC3CC3)C2)c1C#N. The quantitative estimate of drug-likeness (QED) is 0.761. The highest BCUT2D eigenvalue weighted by Crippen LogP contribution is 2.32. The molecule has 1 aliphatic heterocycles. The molecule has 1 aliphatic carbocycles. The third-order valence-electron chi connectivity index (χ3n) is 4.40. The normalized spacial score (nSPS) is 20.5. The summed E-state index contributed by atoms with van der Waals surface area (Å²) in [5.41, 5.74) is 6.35. The summed E-state index contributed by atoms with van der Waals surface area (Å²) < 4.78 is 1.51. The molecule has 23 heavy (non-hydrogen) atoms. The first-order valence-electron chi connectivity index (χ1n) is 7.77. The second-order valence-corrected chi connectivity index (χ2v) is 6.30. The lowest BCUT2D eigenvalue weighted by molar-refractivity contribution is -0.129. The number of aromatic nitrogens is 2. The van der Waals surface area contributed by atoms with E-state index < -0.39 is 0 Å². The Morgan fingerprint density at radius 2 is 2.22 bits per heavy atom. The number of hydrogen-bond acceptors (Lipinski definition) is 5. The Kier molecular flexibility index (Phi) is 3.94. The number of rotatable bonds is 5. The number of aryl methyl sites for hydroxylation is 2. The van der Waals surface area contributed by atoms with Crippen LogP contribution in [-0.4, -0.2) is 39.6 Å². The van der Waals surface area contributed by atoms with Crippen molar-refractivity contribution >= 4 is 17.6 Å². The largest absolute Gasteiger partial charge is 0.342 e. The Hall–Kier alpha value is -2.56. The van der Waals surface area contributed by atoms with Crippen LogP contribution in [0.15, 0.2) is 0 Å². The van der Waals surface area contributed by atoms with Crippen LogP contribution < -0.4 is 10.9 Å². The minimum atomic E-state index is -0.353. The molecule has 122 valence electrons. The number of anilines is 1. The summed E-state index contributed by atoms with van der Waals surface area (Å²) in [6.07, 6.45) is 2.60. The molecule has 2 amide bonds. The van der Waals surface area contributed by atoms with Crippen molar-refractivity contribution in [1.82, 2.24) is 20.1 Å². The second-order valence-electron chi connectivity index (χ2n) is 6.30. The van der Waals surface area contributed by atoms with E-state index in [9.17, 15) is 9.59 Å². The molecule has 0 aromatic carbocycles. The van der Waals surface area contributed by atoms with Gasteiger partial charge in [-0.15, -0.1) is 0 Å². The summed E-state index contributed by atoms with van der Waals surface area (Å²) in [4.78, 5) is 26.0. The van der Waals surface area contributed by atoms with Gasteiger partial charge in [0.2, 0.25) is 11.8 Å². The summed E-state index contributed by atoms with van der Waals surface area (Å²) in [6.45, 7) is 2.98. The molecule has 0 bridgehead atoms. The molecular formula is C15H20N6O2. The fourth-order valence-electron chi connectivity index (χ4n) is 2.89. The van der Waals surface area contributed by atoms with E-state index in [-0.39, 0.29) is 24.2 Å². The molecule has 1 atom stereocenters. The zero-order valence-corrected chi connectivity index (χ0v) is 13.3. The average Bonchev–Trinajstić information content (AvgIpc) is 3.18. The highest BCUT2D eigenvalue weighted by molar-refractivity contribution is 5.89. The molecule has 2 fully saturated rings. The monoisotopic (exact) mass is 316 g/mol. The van der Waals surface area contributed by atoms with Crippen molar-refractivity contribution in [2.45, 2.75) is 26.2 Å². The van der Waals surface area contributed by atoms with Crippen LogP contribution in [0.4, 0.5) is 5.82 Å². The third-order valence-corrected chi connectivity index (χ3v) is 4.40. The van der Waals surface area contributed by atoms with Gasteiger partial charge in [-0.05, 0) is 25.7 Å². The van der Waals surface area contributed by atoms with Crippen LogP contribution in [0.25, 0.3) is 0 Å². The number of hydrazine groups is 1. The van der Waals surface area contributed by atoms with Crippen molar-refractivity contribution in [3.63, 3.8) is 0 Å². The Morgan fingerprint density at radius 1 is 1.48 bits per heavy atom. The van der Waals surface area contributed by atoms with Crippen molar-refractivity contribution in [3.05, 3.63) is 11.3 Å². The van der Waals surface area contributed by atoms with Gasteiger partial charge in [0.1, 0.15) is 11.6 Å². The van der Waals surface area contributed by atoms with Gasteiger partial charge >= 0.3 is 0 Å². The van der Waals surface area contributed by atoms with Crippen molar-refractivity contribution in [2.75, 3.05) is 18.5 Å². The number of nitriles is 1. The maximum Gasteiger partial charge on any atom is 0.243 e. The van der Waals surface area contributed by atoms with E-state index in [0.717, 1.165) is 6.54 Å². The van der Waals surface area contributed by atoms with Crippen LogP contribution in [0.5, 0.6) is 0 Å². The van der Waals surface area contributed by atoms with Crippen molar-refractivity contribution in [2.24, 2.45) is 18.9 Å². The molecule has 2 heterocycles. The van der Waals surface area contributed by atoms with Gasteiger partial charge < -0.3 is 4.90 Å². The minimum Gasteiger partial charge on any atom is -0.342 e. The minimum absolute atomic E-state index is 0.0474. The maximum absolute atomic E-state index is 12.3. The standard InChI is InChI=1S/C15H20N6O2/c1-9-12(6-16)14(20(2)19-9)17-18-15(23)11-5-13(22)21(8-11)7-10-3-4-10/h10-11,17H,3-5,7-8H2,1-2H3,(H,18,23). The number of nitrogens with zero attached hydrogens (tertiary/aromatic N) is 4. The van der Waals surface area contributed by atoms with Crippen LogP contribution in [0.3, 0.4) is 0 Å². The lowest BCUT2D eigenvalue weighted by Crippen LogP contribution is -2.37. The van der Waals surface area contributed by atoms with E-state index >= 15 is 0 Å². The van der Waals surface area contributed by atoms with Crippen LogP contribution >= 0.6 is 0 Å². The predicted octanol–water partition coefficient (Wildman–Crippen LogP) is 0.302. The van der Waals surface area contributed by atoms with Gasteiger partial charge in [-0.1, -0.05) is 0 Å². The molecule has 1 unspecified atom stereocenters. The molecule has 8 heteroatoms. The lowest BCUT2D eigenvalue weighted by Gasteiger charge is -2.16. The fraction of sp³-hybridized carbons (Fsp3) is 0.600. The first-order valence-corrected chi connectivity index (χ1v) is 7.77. The van der Waals surface area contributed by atoms with Crippen LogP contribution in [0.1, 0.15) is 30.5 Å². The summed E-state index contributed by atoms with van der Waals surface area (Å²) in [5.74, 6) is 0.520. The van der Waals surface area contributed by atoms with Crippen LogP contribution in [0.2, 0.25) is 0 Å². The van der Waals surface area contributed by atoms with E-state index in [1.165, 1.54) is 17.5 Å². The Labute approximate surface area is 134 Å². The van der Waals surface area contributed by atoms with Gasteiger partial charge in [0.15, 0.2) is 5.82 Å². The number of hydrogen-bond donors (Lipinski definition) is 2. The molecule has 2 aliphatic rings. The maximum atomic E-state index is 12.3. The summed E-state index contributed by atoms with van der Waals surface area (Å²) in [6, 6.07) is 2.06. The zero-order valence-electron chi connectivity index (χ0n) is 13.3. The lowest BCUT2D eigenvalue weighted by atomic mass is 10.1. The molecular weight excluding hydrogens is 296 g/mol. The smallest absolute Gasteiger partial charge is 0.243 e. The number of likely N-dealkylation sites (tertiary alicyclic amines) is 1. The molecule has 1 aromatic rings. The zero-order chi connectivity index (χ0) is 16.6. The highest BCUT2D eigenvalue weighted by Gasteiger charge is 2.37. The van der Waals surface area contributed by atoms with E-state index in [0.29, 0.717) is 29.5 Å². The van der Waals surface area contributed by atoms with Crippen LogP contribution in [0, 0.1) is 30.1 Å². The van der Waals surface area contributed by atoms with Crippen molar-refractivity contribution in [3.8, 4) is 6.07 Å². The van der Waals surface area contributed by atoms with Gasteiger partial charge in [0.05, 0.1) is 11.6 Å². The Bertz CT molecular complexity index is 685. The molecule has 3 rings (SSSR count). The highest BCUT2D eigenvalue weighted by atomic mass is 16.2. The molecule has 1 saturated heterocycles. The van der Waals surface area contributed by atoms with E-state index in [1.807, 2.05) is 0 Å². The predicted molar refractivity (Wildman–Crippen MR) is 81.8 cm³/mol. The van der Waals surface area contributed by atoms with E-state index in [2.05, 4.69) is 22.0 Å². The fourth-order valence-corrected chi connectivity index (χ4v) is 2.89. The van der Waals surface area contributed by atoms with Gasteiger partial charge in [-0.3, -0.25) is 25.1 Å². The number of carbonyl (C=O) groups is 2. The molecule has 1 saturated carbocycles. The number of nitrogens with one attached hydrogen (secondary N) is 2. The average molecular weight is 316 g/mol. The molecule has 0 spiro atoms. The van der Waals surface area contributed by atoms with Gasteiger partial charge in [-0.2, -0.15) is 10.4 Å². The second kappa shape index (κ2) is 5.91. The molecule has 0 radical (unpaired) electrons. The summed E-state index contributed by atoms with van der Waals surface area (Å²) >= 11 is 0. The summed E-state index contributed by atoms with van der Waals surface area (Å²) in [5, 5.41) is 13.3. The van der Waals surface area contributed by atoms with Gasteiger partial charge in [-0.25, -0.2) is 0 Å². The van der Waals surface area contributed by atoms with Crippen LogP contribution in [-0.2, 0) is 16.6 Å². The number of amides is 2.